The van der Waals surface area contributed by atoms with Gasteiger partial charge in [-0.2, -0.15) is 4.31 Å². The Bertz CT molecular complexity index is 991. The van der Waals surface area contributed by atoms with Crippen molar-refractivity contribution in [3.63, 3.8) is 0 Å². The lowest BCUT2D eigenvalue weighted by Crippen LogP contribution is -2.40. The zero-order valence-electron chi connectivity index (χ0n) is 16.8. The number of nitrogens with one attached hydrogen (secondary N) is 1. The molecule has 2 aromatic carbocycles. The topological polar surface area (TPSA) is 84.9 Å². The summed E-state index contributed by atoms with van der Waals surface area (Å²) in [7, 11) is -3.61. The number of rotatable bonds is 8. The van der Waals surface area contributed by atoms with E-state index in [0.717, 1.165) is 5.56 Å². The van der Waals surface area contributed by atoms with Gasteiger partial charge < -0.3 is 14.8 Å². The second kappa shape index (κ2) is 10.3. The van der Waals surface area contributed by atoms with Crippen molar-refractivity contribution in [3.05, 3.63) is 53.1 Å². The number of carbonyl (C=O) groups excluding carboxylic acids is 1. The first-order valence-corrected chi connectivity index (χ1v) is 11.5. The van der Waals surface area contributed by atoms with Crippen LogP contribution in [0.1, 0.15) is 18.4 Å². The Hall–Kier alpha value is -2.13. The van der Waals surface area contributed by atoms with E-state index in [0.29, 0.717) is 55.8 Å². The van der Waals surface area contributed by atoms with E-state index in [1.807, 2.05) is 13.0 Å². The molecule has 0 saturated carbocycles. The summed E-state index contributed by atoms with van der Waals surface area (Å²) < 4.78 is 37.7. The summed E-state index contributed by atoms with van der Waals surface area (Å²) in [6, 6.07) is 11.7. The standard InChI is InChI=1S/C21H25ClN2O5S/c1-16-14-18(7-8-20(16)22)29-11-3-6-21(25)23-17-4-2-5-19(15-17)30(26,27)24-9-12-28-13-10-24/h2,4-5,7-8,14-15H,3,6,9-13H2,1H3,(H,23,25). The highest BCUT2D eigenvalue weighted by Crippen LogP contribution is 2.22. The number of sulfonamides is 1. The van der Waals surface area contributed by atoms with Gasteiger partial charge in [-0.3, -0.25) is 4.79 Å². The summed E-state index contributed by atoms with van der Waals surface area (Å²) >= 11 is 5.99. The fourth-order valence-corrected chi connectivity index (χ4v) is 4.60. The third-order valence-electron chi connectivity index (χ3n) is 4.67. The number of nitrogens with zero attached hydrogens (tertiary/aromatic N) is 1. The highest BCUT2D eigenvalue weighted by molar-refractivity contribution is 7.89. The molecule has 0 atom stereocenters. The molecular formula is C21H25ClN2O5S. The van der Waals surface area contributed by atoms with Crippen LogP contribution in [0.3, 0.4) is 0 Å². The molecule has 30 heavy (non-hydrogen) atoms. The van der Waals surface area contributed by atoms with Gasteiger partial charge in [-0.05, 0) is 55.3 Å². The maximum atomic E-state index is 12.7. The van der Waals surface area contributed by atoms with Crippen LogP contribution in [0, 0.1) is 6.92 Å². The van der Waals surface area contributed by atoms with Crippen LogP contribution in [0.4, 0.5) is 5.69 Å². The molecule has 1 amide bonds. The van der Waals surface area contributed by atoms with Gasteiger partial charge in [0.2, 0.25) is 15.9 Å². The van der Waals surface area contributed by atoms with Crippen molar-refractivity contribution in [3.8, 4) is 5.75 Å². The van der Waals surface area contributed by atoms with E-state index in [-0.39, 0.29) is 17.2 Å². The van der Waals surface area contributed by atoms with E-state index in [1.165, 1.54) is 16.4 Å². The number of hydrogen-bond acceptors (Lipinski definition) is 5. The minimum Gasteiger partial charge on any atom is -0.494 e. The van der Waals surface area contributed by atoms with E-state index in [4.69, 9.17) is 21.1 Å². The van der Waals surface area contributed by atoms with E-state index < -0.39 is 10.0 Å². The van der Waals surface area contributed by atoms with Crippen LogP contribution in [0.5, 0.6) is 5.75 Å². The Labute approximate surface area is 182 Å². The molecule has 1 aliphatic heterocycles. The summed E-state index contributed by atoms with van der Waals surface area (Å²) in [6.07, 6.45) is 0.784. The first-order valence-electron chi connectivity index (χ1n) is 9.73. The number of benzene rings is 2. The first kappa shape index (κ1) is 22.6. The van der Waals surface area contributed by atoms with Crippen molar-refractivity contribution in [2.24, 2.45) is 0 Å². The SMILES string of the molecule is Cc1cc(OCCCC(=O)Nc2cccc(S(=O)(=O)N3CCOCC3)c2)ccc1Cl. The molecule has 0 aromatic heterocycles. The molecule has 1 fully saturated rings. The molecule has 3 rings (SSSR count). The van der Waals surface area contributed by atoms with E-state index >= 15 is 0 Å². The van der Waals surface area contributed by atoms with Crippen LogP contribution in [0.15, 0.2) is 47.4 Å². The second-order valence-electron chi connectivity index (χ2n) is 6.96. The molecule has 0 radical (unpaired) electrons. The lowest BCUT2D eigenvalue weighted by atomic mass is 10.2. The molecule has 1 N–H and O–H groups in total. The Kier molecular flexibility index (Phi) is 7.71. The average molecular weight is 453 g/mol. The third kappa shape index (κ3) is 5.95. The lowest BCUT2D eigenvalue weighted by Gasteiger charge is -2.26. The number of carbonyl (C=O) groups is 1. The normalized spacial score (nSPS) is 15.0. The number of aryl methyl sites for hydroxylation is 1. The zero-order valence-corrected chi connectivity index (χ0v) is 18.3. The fourth-order valence-electron chi connectivity index (χ4n) is 3.02. The molecule has 1 heterocycles. The monoisotopic (exact) mass is 452 g/mol. The minimum atomic E-state index is -3.61. The van der Waals surface area contributed by atoms with E-state index in [1.54, 1.807) is 24.3 Å². The molecule has 0 bridgehead atoms. The van der Waals surface area contributed by atoms with Gasteiger partial charge in [-0.15, -0.1) is 0 Å². The zero-order chi connectivity index (χ0) is 21.6. The van der Waals surface area contributed by atoms with E-state index in [2.05, 4.69) is 5.32 Å². The maximum Gasteiger partial charge on any atom is 0.243 e. The van der Waals surface area contributed by atoms with Crippen molar-refractivity contribution in [1.29, 1.82) is 0 Å². The fraction of sp³-hybridized carbons (Fsp3) is 0.381. The Morgan fingerprint density at radius 1 is 1.20 bits per heavy atom. The van der Waals surface area contributed by atoms with Crippen LogP contribution in [-0.4, -0.2) is 51.5 Å². The number of amides is 1. The van der Waals surface area contributed by atoms with Gasteiger partial charge in [0, 0.05) is 30.2 Å². The van der Waals surface area contributed by atoms with Crippen molar-refractivity contribution < 1.29 is 22.7 Å². The van der Waals surface area contributed by atoms with Gasteiger partial charge in [0.05, 0.1) is 24.7 Å². The number of halogens is 1. The number of hydrogen-bond donors (Lipinski definition) is 1. The van der Waals surface area contributed by atoms with Crippen molar-refractivity contribution in [2.45, 2.75) is 24.7 Å². The van der Waals surface area contributed by atoms with Gasteiger partial charge >= 0.3 is 0 Å². The van der Waals surface area contributed by atoms with Crippen LogP contribution >= 0.6 is 11.6 Å². The van der Waals surface area contributed by atoms with Gasteiger partial charge in [0.25, 0.3) is 0 Å². The molecule has 9 heteroatoms. The molecule has 2 aromatic rings. The molecule has 0 spiro atoms. The number of anilines is 1. The quantitative estimate of drug-likeness (QED) is 0.620. The largest absolute Gasteiger partial charge is 0.494 e. The van der Waals surface area contributed by atoms with Crippen molar-refractivity contribution in [1.82, 2.24) is 4.31 Å². The molecular weight excluding hydrogens is 428 g/mol. The van der Waals surface area contributed by atoms with Crippen LogP contribution < -0.4 is 10.1 Å². The number of morpholine rings is 1. The average Bonchev–Trinajstić information content (AvgIpc) is 2.74. The Morgan fingerprint density at radius 2 is 1.97 bits per heavy atom. The lowest BCUT2D eigenvalue weighted by molar-refractivity contribution is -0.116. The molecule has 7 nitrogen and oxygen atoms in total. The smallest absolute Gasteiger partial charge is 0.243 e. The number of ether oxygens (including phenoxy) is 2. The molecule has 162 valence electrons. The van der Waals surface area contributed by atoms with Crippen LogP contribution in [-0.2, 0) is 19.6 Å². The van der Waals surface area contributed by atoms with Gasteiger partial charge in [0.1, 0.15) is 5.75 Å². The summed E-state index contributed by atoms with van der Waals surface area (Å²) in [6.45, 7) is 3.70. The second-order valence-corrected chi connectivity index (χ2v) is 9.30. The van der Waals surface area contributed by atoms with Crippen LogP contribution in [0.2, 0.25) is 5.02 Å². The summed E-state index contributed by atoms with van der Waals surface area (Å²) in [5.41, 5.74) is 1.38. The van der Waals surface area contributed by atoms with Gasteiger partial charge in [-0.25, -0.2) is 8.42 Å². The van der Waals surface area contributed by atoms with E-state index in [9.17, 15) is 13.2 Å². The molecule has 0 unspecified atom stereocenters. The maximum absolute atomic E-state index is 12.7. The molecule has 0 aliphatic carbocycles. The molecule has 1 saturated heterocycles. The summed E-state index contributed by atoms with van der Waals surface area (Å²) in [5, 5.41) is 3.43. The summed E-state index contributed by atoms with van der Waals surface area (Å²) in [4.78, 5) is 12.4. The minimum absolute atomic E-state index is 0.156. The Balaban J connectivity index is 1.50. The predicted molar refractivity (Wildman–Crippen MR) is 116 cm³/mol. The summed E-state index contributed by atoms with van der Waals surface area (Å²) in [5.74, 6) is 0.505. The third-order valence-corrected chi connectivity index (χ3v) is 6.99. The highest BCUT2D eigenvalue weighted by atomic mass is 35.5. The van der Waals surface area contributed by atoms with Crippen molar-refractivity contribution in [2.75, 3.05) is 38.2 Å². The molecule has 1 aliphatic rings. The predicted octanol–water partition coefficient (Wildman–Crippen LogP) is 3.47. The highest BCUT2D eigenvalue weighted by Gasteiger charge is 2.26. The van der Waals surface area contributed by atoms with Crippen molar-refractivity contribution >= 4 is 33.2 Å². The van der Waals surface area contributed by atoms with Crippen LogP contribution in [0.25, 0.3) is 0 Å². The first-order chi connectivity index (χ1) is 14.4. The Morgan fingerprint density at radius 3 is 2.70 bits per heavy atom. The van der Waals surface area contributed by atoms with Gasteiger partial charge in [0.15, 0.2) is 0 Å². The van der Waals surface area contributed by atoms with Gasteiger partial charge in [-0.1, -0.05) is 17.7 Å².